The van der Waals surface area contributed by atoms with E-state index in [1.54, 1.807) is 12.1 Å². The van der Waals surface area contributed by atoms with Gasteiger partial charge in [-0.15, -0.1) is 0 Å². The number of nitrogen functional groups attached to an aromatic ring is 1. The van der Waals surface area contributed by atoms with Crippen molar-refractivity contribution in [2.75, 3.05) is 17.6 Å². The summed E-state index contributed by atoms with van der Waals surface area (Å²) in [5.74, 6) is 0.251. The van der Waals surface area contributed by atoms with E-state index in [-0.39, 0.29) is 0 Å². The molecule has 0 aromatic heterocycles. The van der Waals surface area contributed by atoms with Gasteiger partial charge in [0, 0.05) is 17.9 Å². The summed E-state index contributed by atoms with van der Waals surface area (Å²) in [7, 11) is 0. The summed E-state index contributed by atoms with van der Waals surface area (Å²) in [6.07, 6.45) is 6.36. The van der Waals surface area contributed by atoms with Crippen LogP contribution in [0.25, 0.3) is 0 Å². The molecule has 0 saturated heterocycles. The third kappa shape index (κ3) is 3.90. The van der Waals surface area contributed by atoms with Crippen LogP contribution < -0.4 is 16.8 Å². The van der Waals surface area contributed by atoms with Gasteiger partial charge in [0.25, 0.3) is 5.91 Å². The van der Waals surface area contributed by atoms with Crippen molar-refractivity contribution < 1.29 is 4.79 Å². The van der Waals surface area contributed by atoms with Gasteiger partial charge in [-0.25, -0.2) is 0 Å². The summed E-state index contributed by atoms with van der Waals surface area (Å²) in [6.45, 7) is 5.45. The number of nitrogens with one attached hydrogen (secondary N) is 1. The van der Waals surface area contributed by atoms with E-state index < -0.39 is 5.91 Å². The molecule has 0 atom stereocenters. The van der Waals surface area contributed by atoms with E-state index in [4.69, 9.17) is 11.5 Å². The predicted octanol–water partition coefficient (Wildman–Crippen LogP) is 3.39. The quantitative estimate of drug-likeness (QED) is 0.702. The number of amides is 1. The smallest absolute Gasteiger partial charge is 0.250 e. The van der Waals surface area contributed by atoms with Crippen LogP contribution in [0.4, 0.5) is 11.4 Å². The van der Waals surface area contributed by atoms with E-state index >= 15 is 0 Å². The number of hydrogen-bond donors (Lipinski definition) is 3. The molecule has 1 aliphatic rings. The molecule has 1 aromatic rings. The molecule has 4 heteroatoms. The second kappa shape index (κ2) is 6.37. The van der Waals surface area contributed by atoms with E-state index in [1.807, 2.05) is 6.07 Å². The molecule has 0 radical (unpaired) electrons. The number of nitrogens with two attached hydrogens (primary N) is 2. The lowest BCUT2D eigenvalue weighted by atomic mass is 9.78. The zero-order chi connectivity index (χ0) is 15.5. The Kier molecular flexibility index (Phi) is 4.76. The fourth-order valence-corrected chi connectivity index (χ4v) is 3.65. The lowest BCUT2D eigenvalue weighted by Gasteiger charge is -2.32. The van der Waals surface area contributed by atoms with Gasteiger partial charge in [-0.3, -0.25) is 4.79 Å². The lowest BCUT2D eigenvalue weighted by Crippen LogP contribution is -2.29. The normalized spacial score (nSPS) is 17.1. The number of benzene rings is 1. The molecule has 0 aliphatic heterocycles. The van der Waals surface area contributed by atoms with E-state index in [9.17, 15) is 4.79 Å². The van der Waals surface area contributed by atoms with Crippen molar-refractivity contribution >= 4 is 17.3 Å². The van der Waals surface area contributed by atoms with Crippen molar-refractivity contribution in [2.24, 2.45) is 17.1 Å². The molecule has 5 N–H and O–H groups in total. The minimum atomic E-state index is -0.436. The maximum atomic E-state index is 11.6. The molecule has 4 nitrogen and oxygen atoms in total. The van der Waals surface area contributed by atoms with Gasteiger partial charge in [-0.2, -0.15) is 0 Å². The summed E-state index contributed by atoms with van der Waals surface area (Å²) in [5, 5.41) is 3.45. The Hall–Kier alpha value is -1.71. The van der Waals surface area contributed by atoms with Gasteiger partial charge in [-0.05, 0) is 48.8 Å². The number of rotatable bonds is 6. The highest BCUT2D eigenvalue weighted by Gasteiger charge is 2.34. The standard InChI is InChI=1S/C17H27N3O/c1-12(2)10-17(7-3-4-8-17)11-20-15-6-5-13(18)9-14(15)16(19)21/h5-6,9,12,20H,3-4,7-8,10-11,18H2,1-2H3,(H2,19,21). The summed E-state index contributed by atoms with van der Waals surface area (Å²) in [4.78, 5) is 11.6. The second-order valence-corrected chi connectivity index (χ2v) is 6.83. The van der Waals surface area contributed by atoms with Gasteiger partial charge >= 0.3 is 0 Å². The second-order valence-electron chi connectivity index (χ2n) is 6.83. The van der Waals surface area contributed by atoms with Gasteiger partial charge in [-0.1, -0.05) is 26.7 Å². The molecular weight excluding hydrogens is 262 g/mol. The topological polar surface area (TPSA) is 81.1 Å². The summed E-state index contributed by atoms with van der Waals surface area (Å²) in [6, 6.07) is 5.31. The molecule has 1 aliphatic carbocycles. The summed E-state index contributed by atoms with van der Waals surface area (Å²) >= 11 is 0. The Bertz CT molecular complexity index is 505. The van der Waals surface area contributed by atoms with Crippen molar-refractivity contribution in [3.8, 4) is 0 Å². The van der Waals surface area contributed by atoms with Crippen molar-refractivity contribution in [2.45, 2.75) is 46.0 Å². The van der Waals surface area contributed by atoms with Crippen LogP contribution in [0, 0.1) is 11.3 Å². The lowest BCUT2D eigenvalue weighted by molar-refractivity contribution is 0.100. The average Bonchev–Trinajstić information content (AvgIpc) is 2.85. The number of carbonyl (C=O) groups is 1. The molecule has 1 saturated carbocycles. The van der Waals surface area contributed by atoms with Gasteiger partial charge in [0.2, 0.25) is 0 Å². The highest BCUT2D eigenvalue weighted by atomic mass is 16.1. The van der Waals surface area contributed by atoms with Crippen molar-refractivity contribution in [3.63, 3.8) is 0 Å². The number of hydrogen-bond acceptors (Lipinski definition) is 3. The Morgan fingerprint density at radius 2 is 2.00 bits per heavy atom. The van der Waals surface area contributed by atoms with Gasteiger partial charge in [0.05, 0.1) is 5.56 Å². The number of anilines is 2. The van der Waals surface area contributed by atoms with Crippen LogP contribution in [0.3, 0.4) is 0 Å². The fourth-order valence-electron chi connectivity index (χ4n) is 3.65. The van der Waals surface area contributed by atoms with Crippen molar-refractivity contribution in [1.29, 1.82) is 0 Å². The number of carbonyl (C=O) groups excluding carboxylic acids is 1. The first-order valence-electron chi connectivity index (χ1n) is 7.85. The molecule has 1 amide bonds. The molecule has 0 bridgehead atoms. The summed E-state index contributed by atoms with van der Waals surface area (Å²) in [5.41, 5.74) is 13.4. The summed E-state index contributed by atoms with van der Waals surface area (Å²) < 4.78 is 0. The molecule has 116 valence electrons. The average molecular weight is 289 g/mol. The maximum Gasteiger partial charge on any atom is 0.250 e. The van der Waals surface area contributed by atoms with Crippen LogP contribution in [0.15, 0.2) is 18.2 Å². The van der Waals surface area contributed by atoms with Crippen LogP contribution in [0.5, 0.6) is 0 Å². The van der Waals surface area contributed by atoms with Crippen LogP contribution in [0.1, 0.15) is 56.3 Å². The third-order valence-electron chi connectivity index (χ3n) is 4.47. The van der Waals surface area contributed by atoms with E-state index in [0.29, 0.717) is 22.6 Å². The first-order valence-corrected chi connectivity index (χ1v) is 7.85. The monoisotopic (exact) mass is 289 g/mol. The predicted molar refractivity (Wildman–Crippen MR) is 88.2 cm³/mol. The molecule has 1 aromatic carbocycles. The maximum absolute atomic E-state index is 11.6. The van der Waals surface area contributed by atoms with Gasteiger partial charge in [0.1, 0.15) is 0 Å². The van der Waals surface area contributed by atoms with Crippen LogP contribution in [-0.4, -0.2) is 12.5 Å². The molecule has 1 fully saturated rings. The van der Waals surface area contributed by atoms with Crippen molar-refractivity contribution in [3.05, 3.63) is 23.8 Å². The first kappa shape index (κ1) is 15.7. The highest BCUT2D eigenvalue weighted by Crippen LogP contribution is 2.43. The van der Waals surface area contributed by atoms with Crippen LogP contribution in [-0.2, 0) is 0 Å². The Morgan fingerprint density at radius 3 is 2.57 bits per heavy atom. The zero-order valence-electron chi connectivity index (χ0n) is 13.1. The van der Waals surface area contributed by atoms with Crippen LogP contribution >= 0.6 is 0 Å². The minimum Gasteiger partial charge on any atom is -0.399 e. The number of primary amides is 1. The SMILES string of the molecule is CC(C)CC1(CNc2ccc(N)cc2C(N)=O)CCCC1. The van der Waals surface area contributed by atoms with Crippen molar-refractivity contribution in [1.82, 2.24) is 0 Å². The zero-order valence-corrected chi connectivity index (χ0v) is 13.1. The van der Waals surface area contributed by atoms with Gasteiger partial charge in [0.15, 0.2) is 0 Å². The molecule has 21 heavy (non-hydrogen) atoms. The Labute approximate surface area is 127 Å². The minimum absolute atomic E-state index is 0.352. The van der Waals surface area contributed by atoms with Gasteiger partial charge < -0.3 is 16.8 Å². The molecule has 0 unspecified atom stereocenters. The Balaban J connectivity index is 2.12. The highest BCUT2D eigenvalue weighted by molar-refractivity contribution is 5.99. The van der Waals surface area contributed by atoms with Crippen LogP contribution in [0.2, 0.25) is 0 Å². The molecule has 2 rings (SSSR count). The van der Waals surface area contributed by atoms with E-state index in [1.165, 1.54) is 32.1 Å². The van der Waals surface area contributed by atoms with E-state index in [2.05, 4.69) is 19.2 Å². The molecular formula is C17H27N3O. The Morgan fingerprint density at radius 1 is 1.33 bits per heavy atom. The molecule has 0 spiro atoms. The first-order chi connectivity index (χ1) is 9.92. The molecule has 0 heterocycles. The third-order valence-corrected chi connectivity index (χ3v) is 4.47. The van der Waals surface area contributed by atoms with E-state index in [0.717, 1.165) is 12.2 Å². The fraction of sp³-hybridized carbons (Fsp3) is 0.588. The largest absolute Gasteiger partial charge is 0.399 e.